The van der Waals surface area contributed by atoms with E-state index in [0.29, 0.717) is 29.2 Å². The van der Waals surface area contributed by atoms with Crippen LogP contribution in [0, 0.1) is 12.8 Å². The summed E-state index contributed by atoms with van der Waals surface area (Å²) in [5, 5.41) is 9.66. The number of carbonyl (C=O) groups is 1. The standard InChI is InChI=1S/C14H18N2O2S/c1-9-11(3-2-4-12(9)17)14(18)16-7-5-10(6-8-16)13(15)19/h2-4,10,17H,5-8H2,1H3,(H2,15,19). The number of nitrogens with two attached hydrogens (primary N) is 1. The van der Waals surface area contributed by atoms with Gasteiger partial charge in [-0.05, 0) is 31.9 Å². The van der Waals surface area contributed by atoms with E-state index in [1.807, 2.05) is 0 Å². The van der Waals surface area contributed by atoms with Crippen molar-refractivity contribution >= 4 is 23.1 Å². The maximum absolute atomic E-state index is 12.4. The predicted molar refractivity (Wildman–Crippen MR) is 78.3 cm³/mol. The average molecular weight is 278 g/mol. The molecule has 1 aliphatic heterocycles. The molecule has 0 radical (unpaired) electrons. The van der Waals surface area contributed by atoms with Gasteiger partial charge in [0.1, 0.15) is 5.75 Å². The molecule has 0 aliphatic carbocycles. The number of likely N-dealkylation sites (tertiary alicyclic amines) is 1. The summed E-state index contributed by atoms with van der Waals surface area (Å²) in [4.78, 5) is 14.7. The quantitative estimate of drug-likeness (QED) is 0.810. The van der Waals surface area contributed by atoms with Gasteiger partial charge in [0, 0.05) is 30.1 Å². The Hall–Kier alpha value is -1.62. The summed E-state index contributed by atoms with van der Waals surface area (Å²) >= 11 is 4.99. The molecule has 4 nitrogen and oxygen atoms in total. The van der Waals surface area contributed by atoms with E-state index >= 15 is 0 Å². The van der Waals surface area contributed by atoms with E-state index in [-0.39, 0.29) is 17.6 Å². The average Bonchev–Trinajstić information content (AvgIpc) is 2.41. The first-order valence-corrected chi connectivity index (χ1v) is 6.78. The first-order valence-electron chi connectivity index (χ1n) is 6.38. The highest BCUT2D eigenvalue weighted by Crippen LogP contribution is 2.24. The number of amides is 1. The van der Waals surface area contributed by atoms with E-state index in [2.05, 4.69) is 0 Å². The predicted octanol–water partition coefficient (Wildman–Crippen LogP) is 1.84. The van der Waals surface area contributed by atoms with Crippen molar-refractivity contribution in [2.75, 3.05) is 13.1 Å². The molecule has 0 aromatic heterocycles. The van der Waals surface area contributed by atoms with Crippen LogP contribution in [0.1, 0.15) is 28.8 Å². The van der Waals surface area contributed by atoms with Crippen molar-refractivity contribution in [2.24, 2.45) is 11.7 Å². The fourth-order valence-electron chi connectivity index (χ4n) is 2.39. The summed E-state index contributed by atoms with van der Waals surface area (Å²) in [6.07, 6.45) is 1.64. The number of benzene rings is 1. The lowest BCUT2D eigenvalue weighted by Crippen LogP contribution is -2.41. The largest absolute Gasteiger partial charge is 0.508 e. The van der Waals surface area contributed by atoms with Gasteiger partial charge in [0.05, 0.1) is 4.99 Å². The summed E-state index contributed by atoms with van der Waals surface area (Å²) in [5.74, 6) is 0.364. The van der Waals surface area contributed by atoms with E-state index in [0.717, 1.165) is 12.8 Å². The Balaban J connectivity index is 2.09. The van der Waals surface area contributed by atoms with Crippen molar-refractivity contribution in [1.29, 1.82) is 0 Å². The van der Waals surface area contributed by atoms with E-state index in [1.54, 1.807) is 30.0 Å². The lowest BCUT2D eigenvalue weighted by atomic mass is 9.96. The highest BCUT2D eigenvalue weighted by molar-refractivity contribution is 7.80. The van der Waals surface area contributed by atoms with Gasteiger partial charge in [-0.25, -0.2) is 0 Å². The van der Waals surface area contributed by atoms with Crippen LogP contribution in [0.15, 0.2) is 18.2 Å². The van der Waals surface area contributed by atoms with Crippen molar-refractivity contribution in [3.8, 4) is 5.75 Å². The molecule has 1 amide bonds. The summed E-state index contributed by atoms with van der Waals surface area (Å²) in [7, 11) is 0. The van der Waals surface area contributed by atoms with Crippen LogP contribution < -0.4 is 5.73 Å². The molecule has 5 heteroatoms. The minimum Gasteiger partial charge on any atom is -0.508 e. The number of thiocarbonyl (C=S) groups is 1. The fraction of sp³-hybridized carbons (Fsp3) is 0.429. The van der Waals surface area contributed by atoms with Gasteiger partial charge < -0.3 is 15.7 Å². The molecule has 1 fully saturated rings. The molecule has 102 valence electrons. The van der Waals surface area contributed by atoms with Crippen LogP contribution in [-0.4, -0.2) is 34.0 Å². The number of phenolic OH excluding ortho intramolecular Hbond substituents is 1. The third-order valence-corrected chi connectivity index (χ3v) is 4.05. The Labute approximate surface area is 118 Å². The molecule has 3 N–H and O–H groups in total. The van der Waals surface area contributed by atoms with Crippen LogP contribution >= 0.6 is 12.2 Å². The van der Waals surface area contributed by atoms with Crippen molar-refractivity contribution < 1.29 is 9.90 Å². The Morgan fingerprint density at radius 1 is 1.42 bits per heavy atom. The molecule has 1 aromatic rings. The van der Waals surface area contributed by atoms with Gasteiger partial charge in [-0.15, -0.1) is 0 Å². The minimum absolute atomic E-state index is 0.0326. The second-order valence-electron chi connectivity index (χ2n) is 4.92. The molecule has 2 rings (SSSR count). The van der Waals surface area contributed by atoms with Gasteiger partial charge in [-0.2, -0.15) is 0 Å². The zero-order valence-corrected chi connectivity index (χ0v) is 11.7. The first kappa shape index (κ1) is 13.8. The number of carbonyl (C=O) groups excluding carboxylic acids is 1. The fourth-order valence-corrected chi connectivity index (χ4v) is 2.63. The van der Waals surface area contributed by atoms with Crippen molar-refractivity contribution in [1.82, 2.24) is 4.90 Å². The molecule has 0 saturated carbocycles. The van der Waals surface area contributed by atoms with Crippen molar-refractivity contribution in [3.63, 3.8) is 0 Å². The molecule has 1 saturated heterocycles. The number of nitrogens with zero attached hydrogens (tertiary/aromatic N) is 1. The number of hydrogen-bond acceptors (Lipinski definition) is 3. The maximum atomic E-state index is 12.4. The summed E-state index contributed by atoms with van der Waals surface area (Å²) in [6.45, 7) is 3.08. The van der Waals surface area contributed by atoms with E-state index < -0.39 is 0 Å². The molecule has 19 heavy (non-hydrogen) atoms. The maximum Gasteiger partial charge on any atom is 0.254 e. The molecule has 0 unspecified atom stereocenters. The highest BCUT2D eigenvalue weighted by atomic mass is 32.1. The number of phenols is 1. The number of hydrogen-bond donors (Lipinski definition) is 2. The summed E-state index contributed by atoms with van der Waals surface area (Å²) in [6, 6.07) is 5.03. The Morgan fingerprint density at radius 2 is 2.05 bits per heavy atom. The molecule has 0 bridgehead atoms. The molecular formula is C14H18N2O2S. The van der Waals surface area contributed by atoms with Gasteiger partial charge in [-0.3, -0.25) is 4.79 Å². The van der Waals surface area contributed by atoms with Gasteiger partial charge >= 0.3 is 0 Å². The molecule has 1 heterocycles. The minimum atomic E-state index is -0.0326. The summed E-state index contributed by atoms with van der Waals surface area (Å²) in [5.41, 5.74) is 6.83. The normalized spacial score (nSPS) is 16.4. The van der Waals surface area contributed by atoms with E-state index in [4.69, 9.17) is 18.0 Å². The second kappa shape index (κ2) is 5.57. The second-order valence-corrected chi connectivity index (χ2v) is 5.39. The lowest BCUT2D eigenvalue weighted by molar-refractivity contribution is 0.0709. The van der Waals surface area contributed by atoms with Crippen LogP contribution in [0.2, 0.25) is 0 Å². The molecule has 1 aliphatic rings. The van der Waals surface area contributed by atoms with Gasteiger partial charge in [0.2, 0.25) is 0 Å². The van der Waals surface area contributed by atoms with Crippen molar-refractivity contribution in [3.05, 3.63) is 29.3 Å². The third-order valence-electron chi connectivity index (χ3n) is 3.72. The Bertz CT molecular complexity index is 508. The first-order chi connectivity index (χ1) is 9.00. The van der Waals surface area contributed by atoms with Crippen LogP contribution in [-0.2, 0) is 0 Å². The smallest absolute Gasteiger partial charge is 0.254 e. The topological polar surface area (TPSA) is 66.6 Å². The van der Waals surface area contributed by atoms with E-state index in [9.17, 15) is 9.90 Å². The van der Waals surface area contributed by atoms with Crippen LogP contribution in [0.3, 0.4) is 0 Å². The number of rotatable bonds is 2. The Morgan fingerprint density at radius 3 is 2.63 bits per heavy atom. The zero-order valence-electron chi connectivity index (χ0n) is 10.9. The third kappa shape index (κ3) is 2.87. The van der Waals surface area contributed by atoms with Crippen molar-refractivity contribution in [2.45, 2.75) is 19.8 Å². The Kier molecular flexibility index (Phi) is 4.04. The molecular weight excluding hydrogens is 260 g/mol. The van der Waals surface area contributed by atoms with Crippen LogP contribution in [0.25, 0.3) is 0 Å². The van der Waals surface area contributed by atoms with Gasteiger partial charge in [0.25, 0.3) is 5.91 Å². The lowest BCUT2D eigenvalue weighted by Gasteiger charge is -2.31. The molecule has 1 aromatic carbocycles. The number of piperidine rings is 1. The van der Waals surface area contributed by atoms with Gasteiger partial charge in [-0.1, -0.05) is 18.3 Å². The highest BCUT2D eigenvalue weighted by Gasteiger charge is 2.25. The van der Waals surface area contributed by atoms with E-state index in [1.165, 1.54) is 0 Å². The zero-order chi connectivity index (χ0) is 14.0. The molecule has 0 atom stereocenters. The summed E-state index contributed by atoms with van der Waals surface area (Å²) < 4.78 is 0. The molecule has 0 spiro atoms. The van der Waals surface area contributed by atoms with Crippen LogP contribution in [0.4, 0.5) is 0 Å². The SMILES string of the molecule is Cc1c(O)cccc1C(=O)N1CCC(C(N)=S)CC1. The van der Waals surface area contributed by atoms with Crippen LogP contribution in [0.5, 0.6) is 5.75 Å². The van der Waals surface area contributed by atoms with Gasteiger partial charge in [0.15, 0.2) is 0 Å². The monoisotopic (exact) mass is 278 g/mol. The number of aromatic hydroxyl groups is 1.